The van der Waals surface area contributed by atoms with Gasteiger partial charge in [-0.2, -0.15) is 0 Å². The van der Waals surface area contributed by atoms with Crippen LogP contribution in [0.2, 0.25) is 0 Å². The predicted octanol–water partition coefficient (Wildman–Crippen LogP) is 2.40. The lowest BCUT2D eigenvalue weighted by molar-refractivity contribution is -0.151. The van der Waals surface area contributed by atoms with Gasteiger partial charge in [0.25, 0.3) is 5.91 Å². The number of hydrogen-bond donors (Lipinski definition) is 0. The molecule has 150 valence electrons. The van der Waals surface area contributed by atoms with Crippen LogP contribution in [0.1, 0.15) is 5.69 Å². The van der Waals surface area contributed by atoms with E-state index >= 15 is 0 Å². The third kappa shape index (κ3) is 4.37. The Kier molecular flexibility index (Phi) is 5.41. The van der Waals surface area contributed by atoms with E-state index in [2.05, 4.69) is 10.1 Å². The largest absolute Gasteiger partial charge is 0.455 e. The summed E-state index contributed by atoms with van der Waals surface area (Å²) in [5.74, 6) is -1.03. The summed E-state index contributed by atoms with van der Waals surface area (Å²) >= 11 is 0. The normalized spacial score (nSPS) is 14.2. The Balaban J connectivity index is 1.24. The van der Waals surface area contributed by atoms with E-state index in [0.717, 1.165) is 11.1 Å². The summed E-state index contributed by atoms with van der Waals surface area (Å²) in [6.07, 6.45) is -0.0529. The van der Waals surface area contributed by atoms with Crippen LogP contribution in [0.15, 0.2) is 53.1 Å². The van der Waals surface area contributed by atoms with Gasteiger partial charge in [0.1, 0.15) is 11.5 Å². The highest BCUT2D eigenvalue weighted by Crippen LogP contribution is 2.19. The van der Waals surface area contributed by atoms with E-state index in [-0.39, 0.29) is 24.8 Å². The van der Waals surface area contributed by atoms with Gasteiger partial charge in [-0.05, 0) is 36.4 Å². The first kappa shape index (κ1) is 18.9. The van der Waals surface area contributed by atoms with Crippen LogP contribution in [0.4, 0.5) is 10.1 Å². The van der Waals surface area contributed by atoms with Gasteiger partial charge in [0.05, 0.1) is 6.42 Å². The number of para-hydroxylation sites is 1. The maximum absolute atomic E-state index is 13.0. The van der Waals surface area contributed by atoms with Crippen molar-refractivity contribution < 1.29 is 23.2 Å². The van der Waals surface area contributed by atoms with E-state index in [4.69, 9.17) is 9.26 Å². The monoisotopic (exact) mass is 397 g/mol. The van der Waals surface area contributed by atoms with Gasteiger partial charge in [0, 0.05) is 37.3 Å². The molecule has 0 unspecified atom stereocenters. The second-order valence-corrected chi connectivity index (χ2v) is 6.81. The quantitative estimate of drug-likeness (QED) is 0.616. The predicted molar refractivity (Wildman–Crippen MR) is 104 cm³/mol. The highest BCUT2D eigenvalue weighted by molar-refractivity contribution is 5.85. The Morgan fingerprint density at radius 1 is 1.03 bits per heavy atom. The fourth-order valence-electron chi connectivity index (χ4n) is 3.35. The number of halogens is 1. The van der Waals surface area contributed by atoms with Crippen LogP contribution >= 0.6 is 0 Å². The highest BCUT2D eigenvalue weighted by Gasteiger charge is 2.22. The van der Waals surface area contributed by atoms with Crippen molar-refractivity contribution >= 4 is 28.5 Å². The van der Waals surface area contributed by atoms with Gasteiger partial charge in [-0.15, -0.1) is 0 Å². The molecule has 1 fully saturated rings. The zero-order valence-electron chi connectivity index (χ0n) is 15.7. The summed E-state index contributed by atoms with van der Waals surface area (Å²) in [5, 5.41) is 4.65. The molecule has 8 heteroatoms. The van der Waals surface area contributed by atoms with E-state index in [0.29, 0.717) is 37.5 Å². The third-order valence-corrected chi connectivity index (χ3v) is 4.94. The second kappa shape index (κ2) is 8.30. The zero-order valence-corrected chi connectivity index (χ0v) is 15.7. The minimum absolute atomic E-state index is 0.0529. The van der Waals surface area contributed by atoms with Crippen molar-refractivity contribution in [3.05, 3.63) is 60.0 Å². The molecule has 1 aliphatic heterocycles. The summed E-state index contributed by atoms with van der Waals surface area (Å²) in [7, 11) is 0. The number of carbonyl (C=O) groups excluding carboxylic acids is 2. The number of esters is 1. The van der Waals surface area contributed by atoms with E-state index in [1.165, 1.54) is 12.1 Å². The Morgan fingerprint density at radius 2 is 1.76 bits per heavy atom. The molecule has 0 aliphatic carbocycles. The number of benzene rings is 2. The molecule has 1 amide bonds. The summed E-state index contributed by atoms with van der Waals surface area (Å²) in [6, 6.07) is 13.5. The second-order valence-electron chi connectivity index (χ2n) is 6.81. The van der Waals surface area contributed by atoms with Gasteiger partial charge >= 0.3 is 5.97 Å². The molecule has 0 bridgehead atoms. The van der Waals surface area contributed by atoms with E-state index in [9.17, 15) is 14.0 Å². The molecular formula is C21H20FN3O4. The molecule has 4 rings (SSSR count). The molecule has 29 heavy (non-hydrogen) atoms. The first-order chi connectivity index (χ1) is 14.1. The lowest BCUT2D eigenvalue weighted by Gasteiger charge is -2.36. The Bertz CT molecular complexity index is 1010. The molecule has 7 nitrogen and oxygen atoms in total. The number of ether oxygens (including phenoxy) is 1. The SMILES string of the molecule is O=C(Cc1noc2ccccc12)OCC(=O)N1CCN(c2ccc(F)cc2)CC1. The summed E-state index contributed by atoms with van der Waals surface area (Å²) in [6.45, 7) is 2.00. The number of hydrogen-bond acceptors (Lipinski definition) is 6. The van der Waals surface area contributed by atoms with E-state index in [1.807, 2.05) is 18.2 Å². The molecule has 1 aliphatic rings. The molecular weight excluding hydrogens is 377 g/mol. The van der Waals surface area contributed by atoms with Gasteiger partial charge in [0.15, 0.2) is 12.2 Å². The first-order valence-electron chi connectivity index (χ1n) is 9.37. The van der Waals surface area contributed by atoms with Gasteiger partial charge in [0.2, 0.25) is 0 Å². The Hall–Kier alpha value is -3.42. The van der Waals surface area contributed by atoms with Gasteiger partial charge in [-0.25, -0.2) is 4.39 Å². The molecule has 0 spiro atoms. The van der Waals surface area contributed by atoms with Gasteiger partial charge in [-0.3, -0.25) is 9.59 Å². The highest BCUT2D eigenvalue weighted by atomic mass is 19.1. The van der Waals surface area contributed by atoms with Crippen molar-refractivity contribution in [2.24, 2.45) is 0 Å². The molecule has 2 aromatic carbocycles. The zero-order chi connectivity index (χ0) is 20.2. The Labute approximate surface area is 166 Å². The van der Waals surface area contributed by atoms with Crippen LogP contribution in [0, 0.1) is 5.82 Å². The standard InChI is InChI=1S/C21H20FN3O4/c22-15-5-7-16(8-6-15)24-9-11-25(12-10-24)20(26)14-28-21(27)13-18-17-3-1-2-4-19(17)29-23-18/h1-8H,9-14H2. The average molecular weight is 397 g/mol. The number of nitrogens with zero attached hydrogens (tertiary/aromatic N) is 3. The molecule has 0 radical (unpaired) electrons. The number of carbonyl (C=O) groups is 2. The van der Waals surface area contributed by atoms with Gasteiger partial charge < -0.3 is 19.1 Å². The molecule has 2 heterocycles. The van der Waals surface area contributed by atoms with Crippen molar-refractivity contribution in [1.82, 2.24) is 10.1 Å². The maximum atomic E-state index is 13.0. The van der Waals surface area contributed by atoms with Crippen LogP contribution < -0.4 is 4.90 Å². The first-order valence-corrected chi connectivity index (χ1v) is 9.37. The fourth-order valence-corrected chi connectivity index (χ4v) is 3.35. The van der Waals surface area contributed by atoms with Crippen molar-refractivity contribution in [2.45, 2.75) is 6.42 Å². The molecule has 1 aromatic heterocycles. The molecule has 3 aromatic rings. The number of aromatic nitrogens is 1. The number of anilines is 1. The van der Waals surface area contributed by atoms with Crippen LogP contribution in [-0.2, 0) is 20.7 Å². The van der Waals surface area contributed by atoms with Crippen LogP contribution in [-0.4, -0.2) is 54.7 Å². The number of piperazine rings is 1. The topological polar surface area (TPSA) is 75.9 Å². The fraction of sp³-hybridized carbons (Fsp3) is 0.286. The van der Waals surface area contributed by atoms with Crippen LogP contribution in [0.3, 0.4) is 0 Å². The minimum Gasteiger partial charge on any atom is -0.455 e. The molecule has 1 saturated heterocycles. The molecule has 0 atom stereocenters. The lowest BCUT2D eigenvalue weighted by atomic mass is 10.2. The maximum Gasteiger partial charge on any atom is 0.312 e. The molecule has 0 saturated carbocycles. The summed E-state index contributed by atoms with van der Waals surface area (Å²) < 4.78 is 23.3. The lowest BCUT2D eigenvalue weighted by Crippen LogP contribution is -2.50. The van der Waals surface area contributed by atoms with Crippen molar-refractivity contribution in [3.63, 3.8) is 0 Å². The summed E-state index contributed by atoms with van der Waals surface area (Å²) in [4.78, 5) is 28.2. The van der Waals surface area contributed by atoms with E-state index < -0.39 is 5.97 Å². The third-order valence-electron chi connectivity index (χ3n) is 4.94. The molecule has 0 N–H and O–H groups in total. The Morgan fingerprint density at radius 3 is 2.52 bits per heavy atom. The van der Waals surface area contributed by atoms with Crippen molar-refractivity contribution in [2.75, 3.05) is 37.7 Å². The van der Waals surface area contributed by atoms with Crippen LogP contribution in [0.5, 0.6) is 0 Å². The van der Waals surface area contributed by atoms with Crippen LogP contribution in [0.25, 0.3) is 11.0 Å². The van der Waals surface area contributed by atoms with Crippen molar-refractivity contribution in [3.8, 4) is 0 Å². The van der Waals surface area contributed by atoms with Crippen molar-refractivity contribution in [1.29, 1.82) is 0 Å². The number of amides is 1. The smallest absolute Gasteiger partial charge is 0.312 e. The number of rotatable bonds is 5. The number of fused-ring (bicyclic) bond motifs is 1. The minimum atomic E-state index is -0.526. The summed E-state index contributed by atoms with van der Waals surface area (Å²) in [5.41, 5.74) is 2.01. The average Bonchev–Trinajstić information content (AvgIpc) is 3.15. The van der Waals surface area contributed by atoms with Gasteiger partial charge in [-0.1, -0.05) is 17.3 Å². The van der Waals surface area contributed by atoms with E-state index in [1.54, 1.807) is 23.1 Å².